The lowest BCUT2D eigenvalue weighted by molar-refractivity contribution is -0.385. The zero-order valence-electron chi connectivity index (χ0n) is 17.1. The molecule has 1 N–H and O–H groups in total. The molecule has 2 aromatic carbocycles. The van der Waals surface area contributed by atoms with Crippen LogP contribution in [-0.4, -0.2) is 25.6 Å². The van der Waals surface area contributed by atoms with Crippen LogP contribution < -0.4 is 5.32 Å². The highest BCUT2D eigenvalue weighted by Gasteiger charge is 2.16. The topological polar surface area (TPSA) is 116 Å². The number of anilines is 1. The Bertz CT molecular complexity index is 1370. The highest BCUT2D eigenvalue weighted by atomic mass is 32.1. The Balaban J connectivity index is 1.46. The molecule has 162 valence electrons. The van der Waals surface area contributed by atoms with E-state index in [2.05, 4.69) is 15.4 Å². The SMILES string of the molecule is Cc1ccc(-c2nn(CC(=O)Nc3nc(-c4ccc(C)c([N+](=O)[O-])c4)cs3)c(=S)o2)cc1. The average Bonchev–Trinajstić information content (AvgIpc) is 3.35. The molecule has 0 saturated heterocycles. The van der Waals surface area contributed by atoms with Gasteiger partial charge in [0.05, 0.1) is 10.6 Å². The second kappa shape index (κ2) is 8.81. The highest BCUT2D eigenvalue weighted by molar-refractivity contribution is 7.71. The molecule has 0 radical (unpaired) electrons. The summed E-state index contributed by atoms with van der Waals surface area (Å²) in [4.78, 5) is 27.7. The predicted octanol–water partition coefficient (Wildman–Crippen LogP) is 5.16. The summed E-state index contributed by atoms with van der Waals surface area (Å²) in [6.07, 6.45) is 0. The Kier molecular flexibility index (Phi) is 5.93. The maximum atomic E-state index is 12.5. The quantitative estimate of drug-likeness (QED) is 0.236. The van der Waals surface area contributed by atoms with Crippen molar-refractivity contribution in [1.29, 1.82) is 0 Å². The number of hydrogen-bond donors (Lipinski definition) is 1. The Morgan fingerprint density at radius 2 is 1.94 bits per heavy atom. The number of nitro groups is 1. The third-order valence-corrected chi connectivity index (χ3v) is 5.70. The van der Waals surface area contributed by atoms with Gasteiger partial charge in [0.15, 0.2) is 5.13 Å². The lowest BCUT2D eigenvalue weighted by Crippen LogP contribution is -2.19. The second-order valence-electron chi connectivity index (χ2n) is 7.04. The molecule has 0 bridgehead atoms. The molecule has 0 aliphatic rings. The van der Waals surface area contributed by atoms with E-state index in [1.165, 1.54) is 22.1 Å². The molecule has 9 nitrogen and oxygen atoms in total. The Morgan fingerprint density at radius 3 is 2.66 bits per heavy atom. The lowest BCUT2D eigenvalue weighted by atomic mass is 10.1. The number of nitrogens with one attached hydrogen (secondary N) is 1. The third kappa shape index (κ3) is 4.63. The molecule has 1 amide bonds. The summed E-state index contributed by atoms with van der Waals surface area (Å²) in [5, 5.41) is 20.2. The van der Waals surface area contributed by atoms with E-state index in [9.17, 15) is 14.9 Å². The average molecular weight is 468 g/mol. The van der Waals surface area contributed by atoms with Gasteiger partial charge in [-0.25, -0.2) is 9.67 Å². The predicted molar refractivity (Wildman–Crippen MR) is 123 cm³/mol. The van der Waals surface area contributed by atoms with Gasteiger partial charge in [-0.3, -0.25) is 14.9 Å². The maximum absolute atomic E-state index is 12.5. The first-order valence-electron chi connectivity index (χ1n) is 9.46. The summed E-state index contributed by atoms with van der Waals surface area (Å²) in [5.74, 6) is -0.0408. The summed E-state index contributed by atoms with van der Waals surface area (Å²) in [6, 6.07) is 12.5. The van der Waals surface area contributed by atoms with Gasteiger partial charge in [-0.05, 0) is 38.2 Å². The number of nitro benzene ring substituents is 1. The van der Waals surface area contributed by atoms with E-state index in [4.69, 9.17) is 16.6 Å². The van der Waals surface area contributed by atoms with Crippen LogP contribution in [-0.2, 0) is 11.3 Å². The molecule has 0 aliphatic heterocycles. The van der Waals surface area contributed by atoms with E-state index < -0.39 is 4.92 Å². The smallest absolute Gasteiger partial charge is 0.287 e. The van der Waals surface area contributed by atoms with Crippen LogP contribution in [0.15, 0.2) is 52.3 Å². The molecular weight excluding hydrogens is 450 g/mol. The van der Waals surface area contributed by atoms with Crippen molar-refractivity contribution < 1.29 is 14.1 Å². The van der Waals surface area contributed by atoms with Gasteiger partial charge in [-0.2, -0.15) is 0 Å². The normalized spacial score (nSPS) is 10.8. The molecule has 0 fully saturated rings. The van der Waals surface area contributed by atoms with E-state index in [1.807, 2.05) is 31.2 Å². The number of hydrogen-bond acceptors (Lipinski definition) is 8. The van der Waals surface area contributed by atoms with Crippen LogP contribution in [0.3, 0.4) is 0 Å². The van der Waals surface area contributed by atoms with Gasteiger partial charge >= 0.3 is 0 Å². The number of carbonyl (C=O) groups excluding carboxylic acids is 1. The van der Waals surface area contributed by atoms with Gasteiger partial charge in [-0.1, -0.05) is 29.8 Å². The molecule has 0 saturated carbocycles. The monoisotopic (exact) mass is 467 g/mol. The van der Waals surface area contributed by atoms with Crippen LogP contribution >= 0.6 is 23.6 Å². The van der Waals surface area contributed by atoms with Crippen LogP contribution in [0.25, 0.3) is 22.7 Å². The molecule has 32 heavy (non-hydrogen) atoms. The molecule has 2 aromatic heterocycles. The molecular formula is C21H17N5O4S2. The molecule has 0 atom stereocenters. The first-order valence-corrected chi connectivity index (χ1v) is 10.7. The maximum Gasteiger partial charge on any atom is 0.287 e. The van der Waals surface area contributed by atoms with Crippen LogP contribution in [0.2, 0.25) is 0 Å². The van der Waals surface area contributed by atoms with E-state index >= 15 is 0 Å². The second-order valence-corrected chi connectivity index (χ2v) is 8.25. The first kappa shape index (κ1) is 21.5. The van der Waals surface area contributed by atoms with Gasteiger partial charge in [-0.15, -0.1) is 16.4 Å². The number of rotatable bonds is 6. The van der Waals surface area contributed by atoms with Crippen molar-refractivity contribution in [2.75, 3.05) is 5.32 Å². The first-order chi connectivity index (χ1) is 15.3. The number of nitrogens with zero attached hydrogens (tertiary/aromatic N) is 4. The molecule has 4 rings (SSSR count). The van der Waals surface area contributed by atoms with Crippen LogP contribution in [0, 0.1) is 28.8 Å². The van der Waals surface area contributed by atoms with Gasteiger partial charge in [0.2, 0.25) is 11.8 Å². The fourth-order valence-corrected chi connectivity index (χ4v) is 3.86. The largest absolute Gasteiger partial charge is 0.409 e. The van der Waals surface area contributed by atoms with E-state index in [1.54, 1.807) is 24.4 Å². The number of aryl methyl sites for hydroxylation is 2. The summed E-state index contributed by atoms with van der Waals surface area (Å²) in [5.41, 5.74) is 3.59. The zero-order chi connectivity index (χ0) is 22.8. The fourth-order valence-electron chi connectivity index (χ4n) is 2.94. The minimum Gasteiger partial charge on any atom is -0.409 e. The van der Waals surface area contributed by atoms with Crippen molar-refractivity contribution in [1.82, 2.24) is 14.8 Å². The van der Waals surface area contributed by atoms with Crippen molar-refractivity contribution in [3.8, 4) is 22.7 Å². The molecule has 2 heterocycles. The number of thiazole rings is 1. The summed E-state index contributed by atoms with van der Waals surface area (Å²) >= 11 is 6.40. The summed E-state index contributed by atoms with van der Waals surface area (Å²) in [7, 11) is 0. The van der Waals surface area contributed by atoms with Crippen molar-refractivity contribution >= 4 is 40.3 Å². The summed E-state index contributed by atoms with van der Waals surface area (Å²) < 4.78 is 6.82. The molecule has 0 aliphatic carbocycles. The standard InChI is InChI=1S/C21H17N5O4S2/c1-12-3-6-14(7-4-12)19-24-25(21(31)30-19)10-18(27)23-20-22-16(11-32-20)15-8-5-13(2)17(9-15)26(28)29/h3-9,11H,10H2,1-2H3,(H,22,23,27). The van der Waals surface area contributed by atoms with Crippen molar-refractivity contribution in [2.45, 2.75) is 20.4 Å². The molecule has 4 aromatic rings. The Morgan fingerprint density at radius 1 is 1.22 bits per heavy atom. The van der Waals surface area contributed by atoms with E-state index in [0.29, 0.717) is 27.8 Å². The molecule has 0 spiro atoms. The number of amides is 1. The van der Waals surface area contributed by atoms with Crippen LogP contribution in [0.5, 0.6) is 0 Å². The third-order valence-electron chi connectivity index (χ3n) is 4.65. The fraction of sp³-hybridized carbons (Fsp3) is 0.143. The summed E-state index contributed by atoms with van der Waals surface area (Å²) in [6.45, 7) is 3.51. The van der Waals surface area contributed by atoms with Gasteiger partial charge in [0, 0.05) is 28.1 Å². The Hall–Kier alpha value is -3.70. The van der Waals surface area contributed by atoms with Crippen LogP contribution in [0.1, 0.15) is 11.1 Å². The van der Waals surface area contributed by atoms with Gasteiger partial charge < -0.3 is 9.73 Å². The van der Waals surface area contributed by atoms with E-state index in [0.717, 1.165) is 11.1 Å². The minimum absolute atomic E-state index is 0.0193. The molecule has 0 unspecified atom stereocenters. The highest BCUT2D eigenvalue weighted by Crippen LogP contribution is 2.29. The Labute approximate surface area is 191 Å². The lowest BCUT2D eigenvalue weighted by Gasteiger charge is -2.02. The number of aromatic nitrogens is 3. The van der Waals surface area contributed by atoms with Crippen molar-refractivity contribution in [2.24, 2.45) is 0 Å². The van der Waals surface area contributed by atoms with Crippen molar-refractivity contribution in [3.63, 3.8) is 0 Å². The number of benzene rings is 2. The number of carbonyl (C=O) groups is 1. The van der Waals surface area contributed by atoms with Gasteiger partial charge in [0.1, 0.15) is 6.54 Å². The van der Waals surface area contributed by atoms with Crippen LogP contribution in [0.4, 0.5) is 10.8 Å². The van der Waals surface area contributed by atoms with E-state index in [-0.39, 0.29) is 23.0 Å². The van der Waals surface area contributed by atoms with Crippen molar-refractivity contribution in [3.05, 3.63) is 73.9 Å². The van der Waals surface area contributed by atoms with Gasteiger partial charge in [0.25, 0.3) is 10.5 Å². The molecule has 11 heteroatoms. The minimum atomic E-state index is -0.430. The zero-order valence-corrected chi connectivity index (χ0v) is 18.7.